The third kappa shape index (κ3) is 4.77. The zero-order valence-electron chi connectivity index (χ0n) is 20.9. The van der Waals surface area contributed by atoms with Gasteiger partial charge >= 0.3 is 0 Å². The first-order chi connectivity index (χ1) is 17.7. The highest BCUT2D eigenvalue weighted by atomic mass is 19.1. The van der Waals surface area contributed by atoms with Crippen LogP contribution in [0.5, 0.6) is 0 Å². The molecule has 0 spiro atoms. The number of halogens is 2. The smallest absolute Gasteiger partial charge is 0.255 e. The van der Waals surface area contributed by atoms with Gasteiger partial charge in [-0.05, 0) is 61.8 Å². The fourth-order valence-corrected chi connectivity index (χ4v) is 4.76. The molecule has 1 saturated heterocycles. The lowest BCUT2D eigenvalue weighted by molar-refractivity contribution is 0.122. The van der Waals surface area contributed by atoms with Gasteiger partial charge in [0.05, 0.1) is 18.9 Å². The molecule has 0 unspecified atom stereocenters. The van der Waals surface area contributed by atoms with E-state index in [0.29, 0.717) is 55.0 Å². The number of aromatic nitrogens is 3. The van der Waals surface area contributed by atoms with Gasteiger partial charge in [0, 0.05) is 42.3 Å². The molecule has 0 radical (unpaired) electrons. The molecule has 0 atom stereocenters. The Kier molecular flexibility index (Phi) is 6.61. The summed E-state index contributed by atoms with van der Waals surface area (Å²) in [4.78, 5) is 27.2. The maximum absolute atomic E-state index is 15.6. The lowest BCUT2D eigenvalue weighted by Crippen LogP contribution is -2.37. The molecule has 4 aromatic rings. The number of ether oxygens (including phenoxy) is 1. The number of hydrogen-bond donors (Lipinski definition) is 2. The van der Waals surface area contributed by atoms with Gasteiger partial charge in [-0.15, -0.1) is 0 Å². The summed E-state index contributed by atoms with van der Waals surface area (Å²) in [5.74, 6) is -1.44. The normalized spacial score (nSPS) is 14.1. The number of anilines is 2. The van der Waals surface area contributed by atoms with Crippen LogP contribution >= 0.6 is 0 Å². The Morgan fingerprint density at radius 1 is 1.05 bits per heavy atom. The lowest BCUT2D eigenvalue weighted by atomic mass is 10.0. The fraction of sp³-hybridized carbons (Fsp3) is 0.296. The second-order valence-electron chi connectivity index (χ2n) is 9.46. The van der Waals surface area contributed by atoms with E-state index in [4.69, 9.17) is 10.5 Å². The zero-order chi connectivity index (χ0) is 26.3. The number of morpholine rings is 1. The Labute approximate surface area is 212 Å². The van der Waals surface area contributed by atoms with Gasteiger partial charge < -0.3 is 25.3 Å². The standard InChI is InChI=1S/C27H28F2N6O2/c1-15-13-31-27(36)19-5-4-16(11-20(15)19)23-26(30)33-25(29)22(32-23)17-10-18(14-34(2)3)24(21(28)12-17)35-6-8-37-9-7-35/h4-5,10-13H,6-9,14H2,1-3H3,(H2,30,33)(H,31,36). The summed E-state index contributed by atoms with van der Waals surface area (Å²) in [6.07, 6.45) is 1.63. The van der Waals surface area contributed by atoms with Gasteiger partial charge in [-0.1, -0.05) is 6.07 Å². The first-order valence-corrected chi connectivity index (χ1v) is 12.0. The number of aromatic amines is 1. The maximum Gasteiger partial charge on any atom is 0.255 e. The van der Waals surface area contributed by atoms with E-state index in [2.05, 4.69) is 15.0 Å². The van der Waals surface area contributed by atoms with Crippen LogP contribution in [0.1, 0.15) is 11.1 Å². The summed E-state index contributed by atoms with van der Waals surface area (Å²) in [7, 11) is 3.78. The van der Waals surface area contributed by atoms with Crippen LogP contribution in [-0.4, -0.2) is 60.3 Å². The third-order valence-electron chi connectivity index (χ3n) is 6.49. The topological polar surface area (TPSA) is 100 Å². The number of rotatable bonds is 5. The van der Waals surface area contributed by atoms with Crippen molar-refractivity contribution in [2.45, 2.75) is 13.5 Å². The third-order valence-corrected chi connectivity index (χ3v) is 6.49. The number of nitrogen functional groups attached to an aromatic ring is 1. The van der Waals surface area contributed by atoms with E-state index in [1.165, 1.54) is 6.07 Å². The van der Waals surface area contributed by atoms with Crippen LogP contribution in [0.3, 0.4) is 0 Å². The first-order valence-electron chi connectivity index (χ1n) is 12.0. The van der Waals surface area contributed by atoms with E-state index >= 15 is 8.78 Å². The molecule has 192 valence electrons. The van der Waals surface area contributed by atoms with Crippen LogP contribution in [0.4, 0.5) is 20.3 Å². The SMILES string of the molecule is Cc1c[nH]c(=O)c2ccc(-c3nc(-c4cc(F)c(N5CCOCC5)c(CN(C)C)c4)c(F)nc3N)cc12. The Balaban J connectivity index is 1.65. The van der Waals surface area contributed by atoms with Crippen LogP contribution in [0.2, 0.25) is 0 Å². The van der Waals surface area contributed by atoms with Crippen molar-refractivity contribution in [2.24, 2.45) is 0 Å². The molecule has 3 heterocycles. The lowest BCUT2D eigenvalue weighted by Gasteiger charge is -2.31. The molecule has 10 heteroatoms. The van der Waals surface area contributed by atoms with Gasteiger partial charge in [-0.2, -0.15) is 9.37 Å². The number of H-pyrrole nitrogens is 1. The van der Waals surface area contributed by atoms with Gasteiger partial charge in [0.2, 0.25) is 5.95 Å². The van der Waals surface area contributed by atoms with Crippen molar-refractivity contribution < 1.29 is 13.5 Å². The predicted octanol–water partition coefficient (Wildman–Crippen LogP) is 3.72. The quantitative estimate of drug-likeness (QED) is 0.426. The van der Waals surface area contributed by atoms with E-state index in [1.54, 1.807) is 30.5 Å². The monoisotopic (exact) mass is 506 g/mol. The minimum absolute atomic E-state index is 0.0954. The molecule has 2 aromatic carbocycles. The Hall–Kier alpha value is -3.89. The van der Waals surface area contributed by atoms with E-state index in [-0.39, 0.29) is 28.3 Å². The zero-order valence-corrected chi connectivity index (χ0v) is 20.9. The number of nitrogens with two attached hydrogens (primary N) is 1. The van der Waals surface area contributed by atoms with Gasteiger partial charge in [0.1, 0.15) is 17.2 Å². The summed E-state index contributed by atoms with van der Waals surface area (Å²) in [6.45, 7) is 4.50. The largest absolute Gasteiger partial charge is 0.382 e. The molecule has 3 N–H and O–H groups in total. The van der Waals surface area contributed by atoms with Gasteiger partial charge in [0.15, 0.2) is 5.82 Å². The molecule has 1 aliphatic heterocycles. The number of nitrogens with one attached hydrogen (secondary N) is 1. The second-order valence-corrected chi connectivity index (χ2v) is 9.46. The van der Waals surface area contributed by atoms with E-state index < -0.39 is 11.8 Å². The minimum Gasteiger partial charge on any atom is -0.382 e. The molecule has 0 bridgehead atoms. The molecule has 8 nitrogen and oxygen atoms in total. The Morgan fingerprint density at radius 2 is 1.81 bits per heavy atom. The van der Waals surface area contributed by atoms with Crippen molar-refractivity contribution in [1.82, 2.24) is 19.9 Å². The highest BCUT2D eigenvalue weighted by Gasteiger charge is 2.23. The number of fused-ring (bicyclic) bond motifs is 1. The highest BCUT2D eigenvalue weighted by Crippen LogP contribution is 2.35. The average Bonchev–Trinajstić information content (AvgIpc) is 2.86. The molecular formula is C27H28F2N6O2. The van der Waals surface area contributed by atoms with E-state index in [9.17, 15) is 4.79 Å². The first kappa shape index (κ1) is 24.8. The Bertz CT molecular complexity index is 1550. The number of pyridine rings is 1. The number of nitrogens with zero attached hydrogens (tertiary/aromatic N) is 4. The molecular weight excluding hydrogens is 478 g/mol. The van der Waals surface area contributed by atoms with Crippen LogP contribution in [0.25, 0.3) is 33.3 Å². The second kappa shape index (κ2) is 9.87. The number of hydrogen-bond acceptors (Lipinski definition) is 7. The predicted molar refractivity (Wildman–Crippen MR) is 141 cm³/mol. The summed E-state index contributed by atoms with van der Waals surface area (Å²) in [5, 5.41) is 1.24. The molecule has 37 heavy (non-hydrogen) atoms. The molecule has 0 amide bonds. The molecule has 0 aliphatic carbocycles. The van der Waals surface area contributed by atoms with E-state index in [0.717, 1.165) is 10.9 Å². The number of benzene rings is 2. The molecule has 1 aliphatic rings. The van der Waals surface area contributed by atoms with Crippen molar-refractivity contribution in [3.05, 3.63) is 69.8 Å². The van der Waals surface area contributed by atoms with Gasteiger partial charge in [0.25, 0.3) is 5.56 Å². The maximum atomic E-state index is 15.6. The minimum atomic E-state index is -0.885. The molecule has 1 fully saturated rings. The van der Waals surface area contributed by atoms with Crippen molar-refractivity contribution in [2.75, 3.05) is 51.0 Å². The van der Waals surface area contributed by atoms with Gasteiger partial charge in [-0.3, -0.25) is 4.79 Å². The number of aryl methyl sites for hydroxylation is 1. The van der Waals surface area contributed by atoms with E-state index in [1.807, 2.05) is 30.8 Å². The molecule has 0 saturated carbocycles. The van der Waals surface area contributed by atoms with Gasteiger partial charge in [-0.25, -0.2) is 9.37 Å². The van der Waals surface area contributed by atoms with Crippen molar-refractivity contribution >= 4 is 22.3 Å². The van der Waals surface area contributed by atoms with Crippen molar-refractivity contribution in [3.63, 3.8) is 0 Å². The summed E-state index contributed by atoms with van der Waals surface area (Å²) in [6, 6.07) is 8.19. The summed E-state index contributed by atoms with van der Waals surface area (Å²) >= 11 is 0. The molecule has 2 aromatic heterocycles. The highest BCUT2D eigenvalue weighted by molar-refractivity contribution is 5.90. The van der Waals surface area contributed by atoms with Crippen LogP contribution in [-0.2, 0) is 11.3 Å². The summed E-state index contributed by atoms with van der Waals surface area (Å²) in [5.41, 5.74) is 8.92. The van der Waals surface area contributed by atoms with Crippen LogP contribution in [0, 0.1) is 18.7 Å². The average molecular weight is 507 g/mol. The summed E-state index contributed by atoms with van der Waals surface area (Å²) < 4.78 is 36.1. The van der Waals surface area contributed by atoms with Crippen LogP contribution < -0.4 is 16.2 Å². The van der Waals surface area contributed by atoms with Crippen molar-refractivity contribution in [3.8, 4) is 22.5 Å². The van der Waals surface area contributed by atoms with Crippen LogP contribution in [0.15, 0.2) is 41.3 Å². The Morgan fingerprint density at radius 3 is 2.54 bits per heavy atom. The fourth-order valence-electron chi connectivity index (χ4n) is 4.76. The van der Waals surface area contributed by atoms with Crippen molar-refractivity contribution in [1.29, 1.82) is 0 Å². The molecule has 5 rings (SSSR count).